The molecule has 1 aliphatic rings. The standard InChI is InChI=1S/C20H34N4O3S.ClH/c1-8-9-10-14-11-15-12(2)16(23-28(21,26)27)13(3)17(18(15)24(14)7)22-19(25)20(4,5)6;/h14,23H,8-11H2,1-7H3,(H,22,25)(H2,21,26,27);1H. The molecule has 29 heavy (non-hydrogen) atoms. The molecule has 0 saturated heterocycles. The molecule has 0 radical (unpaired) electrons. The molecule has 0 fully saturated rings. The Morgan fingerprint density at radius 3 is 2.28 bits per heavy atom. The Hall–Kier alpha value is -1.51. The minimum Gasteiger partial charge on any atom is -0.369 e. The van der Waals surface area contributed by atoms with Crippen molar-refractivity contribution in [1.29, 1.82) is 0 Å². The molecule has 0 aromatic heterocycles. The molecule has 1 unspecified atom stereocenters. The number of nitrogens with two attached hydrogens (primary N) is 1. The van der Waals surface area contributed by atoms with Crippen LogP contribution in [-0.4, -0.2) is 27.4 Å². The summed E-state index contributed by atoms with van der Waals surface area (Å²) >= 11 is 0. The normalized spacial score (nSPS) is 16.3. The predicted octanol–water partition coefficient (Wildman–Crippen LogP) is 3.88. The summed E-state index contributed by atoms with van der Waals surface area (Å²) in [5, 5.41) is 8.31. The molecule has 4 N–H and O–H groups in total. The zero-order valence-corrected chi connectivity index (χ0v) is 20.1. The molecule has 2 rings (SSSR count). The molecule has 9 heteroatoms. The number of benzene rings is 1. The Balaban J connectivity index is 0.00000420. The first-order valence-electron chi connectivity index (χ1n) is 9.78. The van der Waals surface area contributed by atoms with Gasteiger partial charge in [0, 0.05) is 18.5 Å². The van der Waals surface area contributed by atoms with E-state index in [0.29, 0.717) is 23.0 Å². The fourth-order valence-corrected chi connectivity index (χ4v) is 4.33. The van der Waals surface area contributed by atoms with Crippen molar-refractivity contribution in [3.63, 3.8) is 0 Å². The van der Waals surface area contributed by atoms with Gasteiger partial charge in [-0.15, -0.1) is 12.4 Å². The monoisotopic (exact) mass is 446 g/mol. The molecule has 0 spiro atoms. The molecule has 0 bridgehead atoms. The van der Waals surface area contributed by atoms with Crippen molar-refractivity contribution in [3.8, 4) is 0 Å². The summed E-state index contributed by atoms with van der Waals surface area (Å²) in [4.78, 5) is 15.0. The van der Waals surface area contributed by atoms with Crippen LogP contribution >= 0.6 is 12.4 Å². The maximum atomic E-state index is 12.7. The minimum absolute atomic E-state index is 0. The van der Waals surface area contributed by atoms with Crippen LogP contribution in [0.5, 0.6) is 0 Å². The third-order valence-electron chi connectivity index (χ3n) is 5.50. The van der Waals surface area contributed by atoms with E-state index in [9.17, 15) is 13.2 Å². The van der Waals surface area contributed by atoms with Crippen molar-refractivity contribution in [2.45, 2.75) is 73.3 Å². The smallest absolute Gasteiger partial charge is 0.296 e. The average molecular weight is 447 g/mol. The van der Waals surface area contributed by atoms with Gasteiger partial charge in [0.15, 0.2) is 0 Å². The van der Waals surface area contributed by atoms with Gasteiger partial charge in [-0.3, -0.25) is 9.52 Å². The Bertz CT molecular complexity index is 879. The maximum absolute atomic E-state index is 12.7. The van der Waals surface area contributed by atoms with E-state index < -0.39 is 15.6 Å². The van der Waals surface area contributed by atoms with Crippen LogP contribution in [0.4, 0.5) is 17.1 Å². The van der Waals surface area contributed by atoms with Crippen molar-refractivity contribution in [3.05, 3.63) is 16.7 Å². The van der Waals surface area contributed by atoms with Gasteiger partial charge in [-0.1, -0.05) is 40.5 Å². The quantitative estimate of drug-likeness (QED) is 0.616. The lowest BCUT2D eigenvalue weighted by Crippen LogP contribution is -2.31. The lowest BCUT2D eigenvalue weighted by Gasteiger charge is -2.28. The van der Waals surface area contributed by atoms with Crippen LogP contribution in [0, 0.1) is 19.3 Å². The number of rotatable bonds is 6. The number of nitrogens with zero attached hydrogens (tertiary/aromatic N) is 1. The van der Waals surface area contributed by atoms with Crippen LogP contribution in [0.1, 0.15) is 63.6 Å². The van der Waals surface area contributed by atoms with Gasteiger partial charge in [0.1, 0.15) is 0 Å². The molecular formula is C20H35ClN4O3S. The SMILES string of the molecule is CCCCC1Cc2c(C)c(NS(N)(=O)=O)c(C)c(NC(=O)C(C)(C)C)c2N1C.Cl. The van der Waals surface area contributed by atoms with Gasteiger partial charge in [-0.2, -0.15) is 8.42 Å². The number of amides is 1. The van der Waals surface area contributed by atoms with E-state index in [2.05, 4.69) is 21.9 Å². The van der Waals surface area contributed by atoms with Crippen LogP contribution in [0.25, 0.3) is 0 Å². The van der Waals surface area contributed by atoms with E-state index in [1.54, 1.807) is 0 Å². The summed E-state index contributed by atoms with van der Waals surface area (Å²) in [5.74, 6) is -0.117. The number of halogens is 1. The van der Waals surface area contributed by atoms with Crippen LogP contribution < -0.4 is 20.1 Å². The van der Waals surface area contributed by atoms with Gasteiger partial charge >= 0.3 is 0 Å². The molecule has 166 valence electrons. The molecule has 1 aromatic rings. The molecule has 0 aliphatic carbocycles. The highest BCUT2D eigenvalue weighted by Gasteiger charge is 2.34. The third kappa shape index (κ3) is 5.55. The number of hydrogen-bond donors (Lipinski definition) is 3. The van der Waals surface area contributed by atoms with E-state index in [-0.39, 0.29) is 18.3 Å². The summed E-state index contributed by atoms with van der Waals surface area (Å²) in [6, 6.07) is 0.322. The number of nitrogens with one attached hydrogen (secondary N) is 2. The second kappa shape index (κ2) is 9.10. The second-order valence-electron chi connectivity index (χ2n) is 8.79. The van der Waals surface area contributed by atoms with Gasteiger partial charge < -0.3 is 10.2 Å². The van der Waals surface area contributed by atoms with E-state index >= 15 is 0 Å². The Kier molecular flexibility index (Phi) is 8.01. The Morgan fingerprint density at radius 1 is 1.21 bits per heavy atom. The second-order valence-corrected chi connectivity index (χ2v) is 10.1. The number of anilines is 3. The van der Waals surface area contributed by atoms with Crippen molar-refractivity contribution < 1.29 is 13.2 Å². The molecule has 1 amide bonds. The number of fused-ring (bicyclic) bond motifs is 1. The molecule has 1 aromatic carbocycles. The summed E-state index contributed by atoms with van der Waals surface area (Å²) in [5.41, 5.74) is 4.12. The highest BCUT2D eigenvalue weighted by Crippen LogP contribution is 2.47. The number of carbonyl (C=O) groups is 1. The van der Waals surface area contributed by atoms with Crippen molar-refractivity contribution in [2.24, 2.45) is 10.6 Å². The van der Waals surface area contributed by atoms with E-state index in [0.717, 1.165) is 42.5 Å². The zero-order valence-electron chi connectivity index (χ0n) is 18.5. The number of likely N-dealkylation sites (N-methyl/N-ethyl adjacent to an activating group) is 1. The third-order valence-corrected chi connectivity index (χ3v) is 5.98. The Labute approximate surface area is 181 Å². The molecule has 0 saturated carbocycles. The zero-order chi connectivity index (χ0) is 21.4. The maximum Gasteiger partial charge on any atom is 0.296 e. The topological polar surface area (TPSA) is 105 Å². The molecule has 7 nitrogen and oxygen atoms in total. The van der Waals surface area contributed by atoms with E-state index in [4.69, 9.17) is 5.14 Å². The molecule has 1 heterocycles. The summed E-state index contributed by atoms with van der Waals surface area (Å²) in [7, 11) is -1.88. The molecular weight excluding hydrogens is 412 g/mol. The van der Waals surface area contributed by atoms with Crippen LogP contribution in [0.15, 0.2) is 0 Å². The first-order valence-corrected chi connectivity index (χ1v) is 11.3. The van der Waals surface area contributed by atoms with E-state index in [1.165, 1.54) is 0 Å². The summed E-state index contributed by atoms with van der Waals surface area (Å²) < 4.78 is 25.9. The van der Waals surface area contributed by atoms with E-state index in [1.807, 2.05) is 41.7 Å². The summed E-state index contributed by atoms with van der Waals surface area (Å²) in [6.07, 6.45) is 4.10. The van der Waals surface area contributed by atoms with Crippen LogP contribution in [-0.2, 0) is 21.4 Å². The highest BCUT2D eigenvalue weighted by molar-refractivity contribution is 7.90. The molecule has 1 aliphatic heterocycles. The summed E-state index contributed by atoms with van der Waals surface area (Å²) in [6.45, 7) is 11.4. The first-order chi connectivity index (χ1) is 12.8. The minimum atomic E-state index is -3.93. The van der Waals surface area contributed by atoms with Gasteiger partial charge in [0.25, 0.3) is 10.2 Å². The number of unbranched alkanes of at least 4 members (excludes halogenated alkanes) is 1. The Morgan fingerprint density at radius 2 is 1.79 bits per heavy atom. The fourth-order valence-electron chi connectivity index (χ4n) is 3.74. The first kappa shape index (κ1) is 25.5. The fraction of sp³-hybridized carbons (Fsp3) is 0.650. The lowest BCUT2D eigenvalue weighted by molar-refractivity contribution is -0.123. The average Bonchev–Trinajstić information content (AvgIpc) is 2.88. The predicted molar refractivity (Wildman–Crippen MR) is 123 cm³/mol. The van der Waals surface area contributed by atoms with Crippen LogP contribution in [0.2, 0.25) is 0 Å². The van der Waals surface area contributed by atoms with Gasteiger partial charge in [-0.25, -0.2) is 5.14 Å². The van der Waals surface area contributed by atoms with Gasteiger partial charge in [-0.05, 0) is 43.4 Å². The molecule has 1 atom stereocenters. The lowest BCUT2D eigenvalue weighted by atomic mass is 9.93. The van der Waals surface area contributed by atoms with Crippen molar-refractivity contribution in [1.82, 2.24) is 0 Å². The van der Waals surface area contributed by atoms with Crippen LogP contribution in [0.3, 0.4) is 0 Å². The largest absolute Gasteiger partial charge is 0.369 e. The van der Waals surface area contributed by atoms with Crippen molar-refractivity contribution in [2.75, 3.05) is 22.0 Å². The van der Waals surface area contributed by atoms with Crippen molar-refractivity contribution >= 4 is 45.6 Å². The van der Waals surface area contributed by atoms with Gasteiger partial charge in [0.05, 0.1) is 17.1 Å². The van der Waals surface area contributed by atoms with Gasteiger partial charge in [0.2, 0.25) is 5.91 Å². The number of hydrogen-bond acceptors (Lipinski definition) is 4. The highest BCUT2D eigenvalue weighted by atomic mass is 35.5. The number of carbonyl (C=O) groups excluding carboxylic acids is 1.